The topological polar surface area (TPSA) is 62.1 Å². The second-order valence-corrected chi connectivity index (χ2v) is 4.14. The van der Waals surface area contributed by atoms with E-state index in [0.29, 0.717) is 31.0 Å². The van der Waals surface area contributed by atoms with Crippen LogP contribution in [0, 0.1) is 18.3 Å². The van der Waals surface area contributed by atoms with Crippen molar-refractivity contribution in [1.29, 1.82) is 5.26 Å². The Morgan fingerprint density at radius 3 is 2.67 bits per heavy atom. The van der Waals surface area contributed by atoms with E-state index in [-0.39, 0.29) is 11.4 Å². The van der Waals surface area contributed by atoms with Crippen molar-refractivity contribution in [2.75, 3.05) is 19.8 Å². The summed E-state index contributed by atoms with van der Waals surface area (Å²) in [7, 11) is 0. The Hall–Kier alpha value is -2.12. The van der Waals surface area contributed by atoms with Crippen LogP contribution in [0.5, 0.6) is 0 Å². The fourth-order valence-corrected chi connectivity index (χ4v) is 1.76. The molecule has 1 aliphatic rings. The molecule has 0 radical (unpaired) electrons. The molecule has 2 rings (SSSR count). The minimum atomic E-state index is -0.259. The standard InChI is InChI=1S/C14H14N2O2/c1-10-2-4-11(5-3-10)14(17)12(8-15)13-9-18-7-6-16-13/h2-5,16H,6-7,9H2,1H3/b13-12-. The van der Waals surface area contributed by atoms with E-state index in [1.54, 1.807) is 12.1 Å². The number of nitriles is 1. The van der Waals surface area contributed by atoms with E-state index in [0.717, 1.165) is 5.56 Å². The number of rotatable bonds is 2. The summed E-state index contributed by atoms with van der Waals surface area (Å²) in [5.74, 6) is -0.259. The molecule has 1 N–H and O–H groups in total. The number of aryl methyl sites for hydroxylation is 1. The van der Waals surface area contributed by atoms with Crippen LogP contribution in [0.1, 0.15) is 15.9 Å². The molecule has 1 aliphatic heterocycles. The number of hydrogen-bond acceptors (Lipinski definition) is 4. The van der Waals surface area contributed by atoms with Crippen molar-refractivity contribution in [3.63, 3.8) is 0 Å². The highest BCUT2D eigenvalue weighted by Crippen LogP contribution is 2.13. The molecule has 1 aromatic carbocycles. The van der Waals surface area contributed by atoms with E-state index in [1.165, 1.54) is 0 Å². The van der Waals surface area contributed by atoms with Gasteiger partial charge in [0.15, 0.2) is 0 Å². The molecule has 18 heavy (non-hydrogen) atoms. The van der Waals surface area contributed by atoms with Gasteiger partial charge in [-0.05, 0) is 6.92 Å². The number of carbonyl (C=O) groups excluding carboxylic acids is 1. The quantitative estimate of drug-likeness (QED) is 0.486. The largest absolute Gasteiger partial charge is 0.383 e. The highest BCUT2D eigenvalue weighted by atomic mass is 16.5. The maximum atomic E-state index is 12.2. The average Bonchev–Trinajstić information content (AvgIpc) is 2.41. The fraction of sp³-hybridized carbons (Fsp3) is 0.286. The Morgan fingerprint density at radius 2 is 2.11 bits per heavy atom. The Labute approximate surface area is 106 Å². The normalized spacial score (nSPS) is 17.6. The van der Waals surface area contributed by atoms with E-state index >= 15 is 0 Å². The number of ketones is 1. The number of nitrogens with zero attached hydrogens (tertiary/aromatic N) is 1. The van der Waals surface area contributed by atoms with Gasteiger partial charge in [0, 0.05) is 12.1 Å². The summed E-state index contributed by atoms with van der Waals surface area (Å²) in [5.41, 5.74) is 2.32. The van der Waals surface area contributed by atoms with E-state index in [9.17, 15) is 4.79 Å². The van der Waals surface area contributed by atoms with Crippen LogP contribution in [0.3, 0.4) is 0 Å². The lowest BCUT2D eigenvalue weighted by atomic mass is 10.0. The van der Waals surface area contributed by atoms with E-state index < -0.39 is 0 Å². The van der Waals surface area contributed by atoms with Gasteiger partial charge in [-0.15, -0.1) is 0 Å². The molecule has 0 spiro atoms. The van der Waals surface area contributed by atoms with Crippen LogP contribution in [-0.2, 0) is 4.74 Å². The molecule has 0 saturated carbocycles. The first-order chi connectivity index (χ1) is 8.72. The molecule has 0 aliphatic carbocycles. The average molecular weight is 242 g/mol. The van der Waals surface area contributed by atoms with E-state index in [4.69, 9.17) is 10.00 Å². The van der Waals surface area contributed by atoms with Gasteiger partial charge in [0.25, 0.3) is 0 Å². The Kier molecular flexibility index (Phi) is 3.75. The van der Waals surface area contributed by atoms with Crippen LogP contribution >= 0.6 is 0 Å². The number of morpholine rings is 1. The van der Waals surface area contributed by atoms with Gasteiger partial charge in [0.05, 0.1) is 18.9 Å². The van der Waals surface area contributed by atoms with Gasteiger partial charge in [-0.25, -0.2) is 0 Å². The zero-order valence-electron chi connectivity index (χ0n) is 10.2. The van der Waals surface area contributed by atoms with Gasteiger partial charge < -0.3 is 10.1 Å². The van der Waals surface area contributed by atoms with E-state index in [2.05, 4.69) is 5.32 Å². The first kappa shape index (κ1) is 12.3. The zero-order chi connectivity index (χ0) is 13.0. The molecule has 92 valence electrons. The van der Waals surface area contributed by atoms with Gasteiger partial charge in [0.2, 0.25) is 5.78 Å². The van der Waals surface area contributed by atoms with Crippen molar-refractivity contribution in [3.8, 4) is 6.07 Å². The highest BCUT2D eigenvalue weighted by Gasteiger charge is 2.18. The first-order valence-electron chi connectivity index (χ1n) is 5.78. The minimum Gasteiger partial charge on any atom is -0.383 e. The molecule has 0 unspecified atom stereocenters. The molecule has 1 aromatic rings. The molecule has 1 fully saturated rings. The molecule has 1 heterocycles. The molecule has 0 aromatic heterocycles. The van der Waals surface area contributed by atoms with Gasteiger partial charge in [-0.1, -0.05) is 29.8 Å². The van der Waals surface area contributed by atoms with Crippen LogP contribution in [0.2, 0.25) is 0 Å². The molecule has 4 heteroatoms. The molecular weight excluding hydrogens is 228 g/mol. The third-order valence-corrected chi connectivity index (χ3v) is 2.79. The van der Waals surface area contributed by atoms with E-state index in [1.807, 2.05) is 25.1 Å². The van der Waals surface area contributed by atoms with Crippen molar-refractivity contribution >= 4 is 5.78 Å². The SMILES string of the molecule is Cc1ccc(C(=O)/C(C#N)=C2/COCCN2)cc1. The van der Waals surface area contributed by atoms with Gasteiger partial charge in [-0.2, -0.15) is 5.26 Å². The van der Waals surface area contributed by atoms with Gasteiger partial charge in [0.1, 0.15) is 11.6 Å². The lowest BCUT2D eigenvalue weighted by molar-refractivity contribution is 0.102. The molecule has 0 bridgehead atoms. The van der Waals surface area contributed by atoms with Crippen LogP contribution < -0.4 is 5.32 Å². The van der Waals surface area contributed by atoms with Crippen LogP contribution in [0.4, 0.5) is 0 Å². The number of benzene rings is 1. The highest BCUT2D eigenvalue weighted by molar-refractivity contribution is 6.11. The monoisotopic (exact) mass is 242 g/mol. The van der Waals surface area contributed by atoms with Crippen molar-refractivity contribution < 1.29 is 9.53 Å². The predicted octanol–water partition coefficient (Wildman–Crippen LogP) is 1.58. The maximum absolute atomic E-state index is 12.2. The Morgan fingerprint density at radius 1 is 1.39 bits per heavy atom. The molecule has 4 nitrogen and oxygen atoms in total. The van der Waals surface area contributed by atoms with Crippen LogP contribution in [0.15, 0.2) is 35.5 Å². The van der Waals surface area contributed by atoms with Crippen molar-refractivity contribution in [2.45, 2.75) is 6.92 Å². The summed E-state index contributed by atoms with van der Waals surface area (Å²) in [5, 5.41) is 12.2. The van der Waals surface area contributed by atoms with Crippen molar-refractivity contribution in [3.05, 3.63) is 46.7 Å². The van der Waals surface area contributed by atoms with Crippen LogP contribution in [-0.4, -0.2) is 25.5 Å². The third-order valence-electron chi connectivity index (χ3n) is 2.79. The number of carbonyl (C=O) groups is 1. The summed E-state index contributed by atoms with van der Waals surface area (Å²) in [6.07, 6.45) is 0. The number of Topliss-reactive ketones (excluding diaryl/α,β-unsaturated/α-hetero) is 1. The fourth-order valence-electron chi connectivity index (χ4n) is 1.76. The van der Waals surface area contributed by atoms with Crippen molar-refractivity contribution in [2.24, 2.45) is 0 Å². The third kappa shape index (κ3) is 2.58. The Bertz CT molecular complexity index is 516. The summed E-state index contributed by atoms with van der Waals surface area (Å²) in [6, 6.07) is 9.16. The number of ether oxygens (including phenoxy) is 1. The lowest BCUT2D eigenvalue weighted by Gasteiger charge is -2.18. The zero-order valence-corrected chi connectivity index (χ0v) is 10.2. The summed E-state index contributed by atoms with van der Waals surface area (Å²) in [6.45, 7) is 3.47. The lowest BCUT2D eigenvalue weighted by Crippen LogP contribution is -2.31. The molecule has 0 amide bonds. The minimum absolute atomic E-state index is 0.138. The number of allylic oxidation sites excluding steroid dienone is 1. The van der Waals surface area contributed by atoms with Crippen LogP contribution in [0.25, 0.3) is 0 Å². The maximum Gasteiger partial charge on any atom is 0.205 e. The summed E-state index contributed by atoms with van der Waals surface area (Å²) < 4.78 is 5.25. The smallest absolute Gasteiger partial charge is 0.205 e. The van der Waals surface area contributed by atoms with Gasteiger partial charge >= 0.3 is 0 Å². The number of nitrogens with one attached hydrogen (secondary N) is 1. The summed E-state index contributed by atoms with van der Waals surface area (Å²) in [4.78, 5) is 12.2. The molecule has 0 atom stereocenters. The second kappa shape index (κ2) is 5.48. The van der Waals surface area contributed by atoms with Gasteiger partial charge in [-0.3, -0.25) is 4.79 Å². The predicted molar refractivity (Wildman–Crippen MR) is 67.0 cm³/mol. The molecular formula is C14H14N2O2. The summed E-state index contributed by atoms with van der Waals surface area (Å²) >= 11 is 0. The number of hydrogen-bond donors (Lipinski definition) is 1. The molecule has 1 saturated heterocycles. The second-order valence-electron chi connectivity index (χ2n) is 4.14. The first-order valence-corrected chi connectivity index (χ1v) is 5.78. The Balaban J connectivity index is 2.31. The van der Waals surface area contributed by atoms with Crippen molar-refractivity contribution in [1.82, 2.24) is 5.32 Å².